The summed E-state index contributed by atoms with van der Waals surface area (Å²) in [7, 11) is -9.88. The van der Waals surface area contributed by atoms with E-state index >= 15 is 0 Å². The van der Waals surface area contributed by atoms with E-state index in [0.29, 0.717) is 25.7 Å². The van der Waals surface area contributed by atoms with Gasteiger partial charge in [0.2, 0.25) is 0 Å². The van der Waals surface area contributed by atoms with Crippen LogP contribution in [0.1, 0.15) is 324 Å². The Kier molecular flexibility index (Phi) is 56.4. The number of carbonyl (C=O) groups excluding carboxylic acids is 4. The van der Waals surface area contributed by atoms with Crippen LogP contribution in [0.25, 0.3) is 0 Å². The van der Waals surface area contributed by atoms with Gasteiger partial charge in [0.15, 0.2) is 12.2 Å². The fraction of sp³-hybridized carbons (Fsp3) is 0.938. The maximum Gasteiger partial charge on any atom is 0.472 e. The lowest BCUT2D eigenvalue weighted by molar-refractivity contribution is -0.161. The smallest absolute Gasteiger partial charge is 0.462 e. The number of phosphoric ester groups is 2. The second-order valence-corrected chi connectivity index (χ2v) is 26.3. The second kappa shape index (κ2) is 57.8. The Morgan fingerprint density at radius 2 is 0.578 bits per heavy atom. The molecule has 0 rings (SSSR count). The number of rotatable bonds is 64. The molecule has 0 aromatic rings. The maximum absolute atomic E-state index is 13.0. The highest BCUT2D eigenvalue weighted by molar-refractivity contribution is 7.47. The van der Waals surface area contributed by atoms with Gasteiger partial charge in [-0.2, -0.15) is 0 Å². The van der Waals surface area contributed by atoms with Gasteiger partial charge in [0.1, 0.15) is 19.3 Å². The number of hydrogen-bond acceptors (Lipinski definition) is 15. The topological polar surface area (TPSA) is 237 Å². The van der Waals surface area contributed by atoms with Gasteiger partial charge in [-0.15, -0.1) is 0 Å². The summed E-state index contributed by atoms with van der Waals surface area (Å²) in [5, 5.41) is 10.5. The largest absolute Gasteiger partial charge is 0.472 e. The molecule has 19 heteroatoms. The number of ether oxygens (including phenoxy) is 4. The molecular formula is C64H124O17P2. The van der Waals surface area contributed by atoms with Crippen molar-refractivity contribution in [2.24, 2.45) is 5.92 Å². The number of phosphoric acid groups is 2. The number of aliphatic hydroxyl groups excluding tert-OH is 1. The van der Waals surface area contributed by atoms with E-state index in [2.05, 4.69) is 34.6 Å². The highest BCUT2D eigenvalue weighted by atomic mass is 31.2. The van der Waals surface area contributed by atoms with E-state index in [1.807, 2.05) is 0 Å². The molecule has 3 N–H and O–H groups in total. The third kappa shape index (κ3) is 57.6. The summed E-state index contributed by atoms with van der Waals surface area (Å²) in [5.74, 6) is -1.34. The van der Waals surface area contributed by atoms with Crippen LogP contribution in [0.5, 0.6) is 0 Å². The van der Waals surface area contributed by atoms with Crippen molar-refractivity contribution in [2.45, 2.75) is 342 Å². The summed E-state index contributed by atoms with van der Waals surface area (Å²) >= 11 is 0. The molecule has 0 saturated carbocycles. The van der Waals surface area contributed by atoms with E-state index in [9.17, 15) is 43.2 Å². The average molecular weight is 1230 g/mol. The Morgan fingerprint density at radius 3 is 0.855 bits per heavy atom. The summed E-state index contributed by atoms with van der Waals surface area (Å²) in [6.45, 7) is 7.14. The number of unbranched alkanes of at least 4 members (excludes halogenated alkanes) is 35. The zero-order valence-electron chi connectivity index (χ0n) is 53.3. The number of carbonyl (C=O) groups is 4. The van der Waals surface area contributed by atoms with Gasteiger partial charge in [-0.1, -0.05) is 272 Å². The molecule has 0 fully saturated rings. The first-order valence-corrected chi connectivity index (χ1v) is 36.7. The Morgan fingerprint density at radius 1 is 0.337 bits per heavy atom. The van der Waals surface area contributed by atoms with Gasteiger partial charge in [0.05, 0.1) is 26.4 Å². The molecule has 492 valence electrons. The van der Waals surface area contributed by atoms with Crippen LogP contribution in [0, 0.1) is 5.92 Å². The van der Waals surface area contributed by atoms with Crippen molar-refractivity contribution in [2.75, 3.05) is 39.6 Å². The van der Waals surface area contributed by atoms with Gasteiger partial charge in [0.25, 0.3) is 0 Å². The van der Waals surface area contributed by atoms with Crippen molar-refractivity contribution >= 4 is 39.5 Å². The minimum absolute atomic E-state index is 0.106. The SMILES string of the molecule is CCCCCCCCCCCCCCC(=O)OC[C@H](COP(=O)(O)OC[C@@H](O)COP(=O)(O)OC[C@@H](COC(=O)CCCCCCC)OC(=O)CCCCCCCCCCCCCC)OC(=O)CCCCCCCCCCCCC(C)CC. The van der Waals surface area contributed by atoms with E-state index in [-0.39, 0.29) is 25.7 Å². The molecule has 0 heterocycles. The molecule has 6 atom stereocenters. The Labute approximate surface area is 505 Å². The quantitative estimate of drug-likeness (QED) is 0.0222. The average Bonchev–Trinajstić information content (AvgIpc) is 3.50. The molecule has 0 aromatic carbocycles. The lowest BCUT2D eigenvalue weighted by Crippen LogP contribution is -2.30. The fourth-order valence-electron chi connectivity index (χ4n) is 9.55. The lowest BCUT2D eigenvalue weighted by Gasteiger charge is -2.21. The van der Waals surface area contributed by atoms with Gasteiger partial charge < -0.3 is 33.8 Å². The van der Waals surface area contributed by atoms with Crippen LogP contribution >= 0.6 is 15.6 Å². The Balaban J connectivity index is 5.18. The molecule has 0 spiro atoms. The monoisotopic (exact) mass is 1230 g/mol. The molecule has 0 aliphatic rings. The molecule has 0 aliphatic heterocycles. The van der Waals surface area contributed by atoms with E-state index in [4.69, 9.17) is 37.0 Å². The summed E-state index contributed by atoms with van der Waals surface area (Å²) in [6, 6.07) is 0. The van der Waals surface area contributed by atoms with E-state index in [1.165, 1.54) is 141 Å². The zero-order valence-corrected chi connectivity index (χ0v) is 55.1. The van der Waals surface area contributed by atoms with Crippen molar-refractivity contribution in [3.8, 4) is 0 Å². The van der Waals surface area contributed by atoms with Gasteiger partial charge >= 0.3 is 39.5 Å². The van der Waals surface area contributed by atoms with Crippen LogP contribution < -0.4 is 0 Å². The van der Waals surface area contributed by atoms with Crippen LogP contribution in [-0.4, -0.2) is 96.7 Å². The Bertz CT molecular complexity index is 1620. The number of aliphatic hydroxyl groups is 1. The molecule has 0 radical (unpaired) electrons. The molecular weight excluding hydrogens is 1100 g/mol. The molecule has 17 nitrogen and oxygen atoms in total. The zero-order chi connectivity index (χ0) is 61.3. The van der Waals surface area contributed by atoms with Gasteiger partial charge in [-0.3, -0.25) is 37.3 Å². The predicted molar refractivity (Wildman–Crippen MR) is 331 cm³/mol. The minimum Gasteiger partial charge on any atom is -0.462 e. The second-order valence-electron chi connectivity index (χ2n) is 23.4. The van der Waals surface area contributed by atoms with Gasteiger partial charge in [-0.25, -0.2) is 9.13 Å². The Hall–Kier alpha value is -1.94. The summed E-state index contributed by atoms with van der Waals surface area (Å²) in [6.07, 6.45) is 41.8. The molecule has 0 saturated heterocycles. The fourth-order valence-corrected chi connectivity index (χ4v) is 11.1. The third-order valence-corrected chi connectivity index (χ3v) is 17.0. The lowest BCUT2D eigenvalue weighted by atomic mass is 9.99. The summed E-state index contributed by atoms with van der Waals surface area (Å²) < 4.78 is 67.8. The summed E-state index contributed by atoms with van der Waals surface area (Å²) in [4.78, 5) is 72.0. The number of hydrogen-bond donors (Lipinski definition) is 3. The van der Waals surface area contributed by atoms with Crippen molar-refractivity contribution in [3.05, 3.63) is 0 Å². The normalized spacial score (nSPS) is 14.6. The summed E-state index contributed by atoms with van der Waals surface area (Å²) in [5.41, 5.74) is 0. The molecule has 0 aromatic heterocycles. The van der Waals surface area contributed by atoms with E-state index < -0.39 is 97.5 Å². The highest BCUT2D eigenvalue weighted by Gasteiger charge is 2.30. The first-order valence-electron chi connectivity index (χ1n) is 33.7. The molecule has 0 aliphatic carbocycles. The highest BCUT2D eigenvalue weighted by Crippen LogP contribution is 2.45. The molecule has 83 heavy (non-hydrogen) atoms. The van der Waals surface area contributed by atoms with E-state index in [1.54, 1.807) is 0 Å². The first-order chi connectivity index (χ1) is 40.1. The van der Waals surface area contributed by atoms with Crippen molar-refractivity contribution < 1.29 is 80.2 Å². The van der Waals surface area contributed by atoms with Crippen LogP contribution in [0.15, 0.2) is 0 Å². The van der Waals surface area contributed by atoms with Crippen LogP contribution in [0.3, 0.4) is 0 Å². The first kappa shape index (κ1) is 81.1. The molecule has 0 bridgehead atoms. The predicted octanol–water partition coefficient (Wildman–Crippen LogP) is 17.8. The van der Waals surface area contributed by atoms with Crippen LogP contribution in [0.2, 0.25) is 0 Å². The standard InChI is InChI=1S/C64H124O17P2/c1-6-10-13-16-18-20-22-24-29-33-38-43-48-62(67)75-54-60(81-64(69)50-45-40-35-31-27-26-28-32-37-41-46-57(5)9-4)56-79-83(72,73)77-52-58(65)51-76-82(70,71)78-55-59(53-74-61(66)47-42-36-15-12-8-3)80-63(68)49-44-39-34-30-25-23-21-19-17-14-11-7-2/h57-60,65H,6-56H2,1-5H3,(H,70,71)(H,72,73)/t57?,58-,59+,60+/m0/s1. The van der Waals surface area contributed by atoms with Gasteiger partial charge in [0, 0.05) is 25.7 Å². The minimum atomic E-state index is -4.94. The molecule has 3 unspecified atom stereocenters. The van der Waals surface area contributed by atoms with Crippen molar-refractivity contribution in [1.29, 1.82) is 0 Å². The molecule has 0 amide bonds. The maximum atomic E-state index is 13.0. The van der Waals surface area contributed by atoms with Gasteiger partial charge in [-0.05, 0) is 31.6 Å². The number of esters is 4. The third-order valence-electron chi connectivity index (χ3n) is 15.1. The van der Waals surface area contributed by atoms with Crippen LogP contribution in [0.4, 0.5) is 0 Å². The van der Waals surface area contributed by atoms with Crippen molar-refractivity contribution in [1.82, 2.24) is 0 Å². The van der Waals surface area contributed by atoms with Crippen molar-refractivity contribution in [3.63, 3.8) is 0 Å². The van der Waals surface area contributed by atoms with Crippen LogP contribution in [-0.2, 0) is 65.4 Å². The van der Waals surface area contributed by atoms with E-state index in [0.717, 1.165) is 102 Å².